The van der Waals surface area contributed by atoms with Gasteiger partial charge in [-0.2, -0.15) is 4.72 Å². The van der Waals surface area contributed by atoms with Gasteiger partial charge in [0.15, 0.2) is 0 Å². The predicted molar refractivity (Wildman–Crippen MR) is 120 cm³/mol. The molecule has 3 N–H and O–H groups in total. The largest absolute Gasteiger partial charge is 0.349 e. The first-order chi connectivity index (χ1) is 14.6. The highest BCUT2D eigenvalue weighted by Crippen LogP contribution is 2.20. The minimum absolute atomic E-state index is 0.0899. The van der Waals surface area contributed by atoms with E-state index in [-0.39, 0.29) is 22.8 Å². The molecule has 31 heavy (non-hydrogen) atoms. The summed E-state index contributed by atoms with van der Waals surface area (Å²) in [5.41, 5.74) is 1.84. The van der Waals surface area contributed by atoms with E-state index < -0.39 is 22.0 Å². The zero-order chi connectivity index (χ0) is 22.6. The zero-order valence-electron chi connectivity index (χ0n) is 18.0. The van der Waals surface area contributed by atoms with Crippen molar-refractivity contribution in [2.24, 2.45) is 5.92 Å². The Hall–Kier alpha value is -2.71. The fourth-order valence-electron chi connectivity index (χ4n) is 3.12. The van der Waals surface area contributed by atoms with E-state index in [0.29, 0.717) is 17.7 Å². The summed E-state index contributed by atoms with van der Waals surface area (Å²) in [5, 5.41) is 5.66. The first-order valence-corrected chi connectivity index (χ1v) is 11.9. The number of rotatable bonds is 9. The standard InChI is InChI=1S/C23H29N3O4S/c1-15(2)13-21(26-31(29,30)20-11-7-16(3)8-12-20)23(28)25-19-6-4-5-17(14-19)22(27)24-18-9-10-18/h4-8,11-12,14-15,18,21,26H,9-10,13H2,1-3H3,(H,24,27)(H,25,28)/t21-/m1/s1. The van der Waals surface area contributed by atoms with Crippen LogP contribution in [0, 0.1) is 12.8 Å². The van der Waals surface area contributed by atoms with E-state index in [1.54, 1.807) is 36.4 Å². The van der Waals surface area contributed by atoms with E-state index in [9.17, 15) is 18.0 Å². The second-order valence-electron chi connectivity index (χ2n) is 8.43. The normalized spacial score (nSPS) is 14.8. The molecule has 1 atom stereocenters. The second kappa shape index (κ2) is 9.62. The Balaban J connectivity index is 1.74. The molecular formula is C23H29N3O4S. The Bertz CT molecular complexity index is 1040. The van der Waals surface area contributed by atoms with Gasteiger partial charge < -0.3 is 10.6 Å². The molecule has 8 heteroatoms. The summed E-state index contributed by atoms with van der Waals surface area (Å²) in [4.78, 5) is 25.3. The summed E-state index contributed by atoms with van der Waals surface area (Å²) in [7, 11) is -3.86. The molecule has 2 aromatic carbocycles. The summed E-state index contributed by atoms with van der Waals surface area (Å²) in [5.74, 6) is -0.561. The highest BCUT2D eigenvalue weighted by atomic mass is 32.2. The number of hydrogen-bond donors (Lipinski definition) is 3. The zero-order valence-corrected chi connectivity index (χ0v) is 18.8. The number of carbonyl (C=O) groups excluding carboxylic acids is 2. The maximum Gasteiger partial charge on any atom is 0.251 e. The molecular weight excluding hydrogens is 414 g/mol. The molecule has 1 fully saturated rings. The predicted octanol–water partition coefficient (Wildman–Crippen LogP) is 3.22. The van der Waals surface area contributed by atoms with Crippen LogP contribution in [0.2, 0.25) is 0 Å². The van der Waals surface area contributed by atoms with Crippen LogP contribution in [0.4, 0.5) is 5.69 Å². The Morgan fingerprint density at radius 3 is 2.35 bits per heavy atom. The summed E-state index contributed by atoms with van der Waals surface area (Å²) in [6.07, 6.45) is 2.30. The molecule has 7 nitrogen and oxygen atoms in total. The van der Waals surface area contributed by atoms with Crippen LogP contribution >= 0.6 is 0 Å². The number of sulfonamides is 1. The molecule has 166 valence electrons. The second-order valence-corrected chi connectivity index (χ2v) is 10.1. The van der Waals surface area contributed by atoms with Gasteiger partial charge in [0.25, 0.3) is 5.91 Å². The van der Waals surface area contributed by atoms with Crippen LogP contribution in [0.3, 0.4) is 0 Å². The Morgan fingerprint density at radius 1 is 1.06 bits per heavy atom. The molecule has 2 aromatic rings. The average Bonchev–Trinajstić information content (AvgIpc) is 3.51. The molecule has 1 aliphatic rings. The first-order valence-electron chi connectivity index (χ1n) is 10.4. The van der Waals surface area contributed by atoms with Gasteiger partial charge in [-0.3, -0.25) is 9.59 Å². The lowest BCUT2D eigenvalue weighted by Gasteiger charge is -2.20. The first kappa shape index (κ1) is 23.0. The maximum atomic E-state index is 12.9. The quantitative estimate of drug-likeness (QED) is 0.553. The molecule has 0 heterocycles. The van der Waals surface area contributed by atoms with Gasteiger partial charge in [0.05, 0.1) is 4.90 Å². The number of hydrogen-bond acceptors (Lipinski definition) is 4. The van der Waals surface area contributed by atoms with Gasteiger partial charge in [0, 0.05) is 17.3 Å². The molecule has 1 aliphatic carbocycles. The number of aryl methyl sites for hydroxylation is 1. The smallest absolute Gasteiger partial charge is 0.251 e. The molecule has 0 bridgehead atoms. The van der Waals surface area contributed by atoms with Crippen LogP contribution in [0.1, 0.15) is 49.0 Å². The van der Waals surface area contributed by atoms with Crippen LogP contribution in [0.5, 0.6) is 0 Å². The van der Waals surface area contributed by atoms with E-state index >= 15 is 0 Å². The molecule has 3 rings (SSSR count). The van der Waals surface area contributed by atoms with Gasteiger partial charge in [-0.15, -0.1) is 0 Å². The molecule has 0 unspecified atom stereocenters. The summed E-state index contributed by atoms with van der Waals surface area (Å²) in [6.45, 7) is 5.71. The molecule has 2 amide bonds. The van der Waals surface area contributed by atoms with Crippen LogP contribution in [0.15, 0.2) is 53.4 Å². The van der Waals surface area contributed by atoms with Crippen LogP contribution in [-0.2, 0) is 14.8 Å². The van der Waals surface area contributed by atoms with Crippen molar-refractivity contribution in [3.63, 3.8) is 0 Å². The van der Waals surface area contributed by atoms with Gasteiger partial charge in [-0.1, -0.05) is 37.6 Å². The summed E-state index contributed by atoms with van der Waals surface area (Å²) < 4.78 is 28.1. The van der Waals surface area contributed by atoms with Crippen molar-refractivity contribution in [1.82, 2.24) is 10.0 Å². The van der Waals surface area contributed by atoms with Crippen molar-refractivity contribution in [2.75, 3.05) is 5.32 Å². The molecule has 0 aliphatic heterocycles. The minimum atomic E-state index is -3.86. The third kappa shape index (κ3) is 6.63. The SMILES string of the molecule is Cc1ccc(S(=O)(=O)N[C@H](CC(C)C)C(=O)Nc2cccc(C(=O)NC3CC3)c2)cc1. The van der Waals surface area contributed by atoms with Crippen molar-refractivity contribution in [2.45, 2.75) is 57.0 Å². The molecule has 0 radical (unpaired) electrons. The average molecular weight is 444 g/mol. The molecule has 0 aromatic heterocycles. The van der Waals surface area contributed by atoms with Crippen LogP contribution in [-0.4, -0.2) is 32.3 Å². The van der Waals surface area contributed by atoms with Gasteiger partial charge in [0.2, 0.25) is 15.9 Å². The van der Waals surface area contributed by atoms with Gasteiger partial charge in [0.1, 0.15) is 6.04 Å². The van der Waals surface area contributed by atoms with E-state index in [4.69, 9.17) is 0 Å². The van der Waals surface area contributed by atoms with Crippen molar-refractivity contribution in [3.8, 4) is 0 Å². The maximum absolute atomic E-state index is 12.9. The van der Waals surface area contributed by atoms with Crippen molar-refractivity contribution < 1.29 is 18.0 Å². The van der Waals surface area contributed by atoms with E-state index in [0.717, 1.165) is 18.4 Å². The van der Waals surface area contributed by atoms with Gasteiger partial charge in [-0.05, 0) is 62.4 Å². The van der Waals surface area contributed by atoms with Crippen molar-refractivity contribution in [3.05, 3.63) is 59.7 Å². The van der Waals surface area contributed by atoms with Crippen LogP contribution < -0.4 is 15.4 Å². The Labute approximate surface area is 183 Å². The van der Waals surface area contributed by atoms with Gasteiger partial charge >= 0.3 is 0 Å². The lowest BCUT2D eigenvalue weighted by molar-refractivity contribution is -0.118. The fourth-order valence-corrected chi connectivity index (χ4v) is 4.33. The molecule has 0 spiro atoms. The molecule has 1 saturated carbocycles. The van der Waals surface area contributed by atoms with Crippen molar-refractivity contribution >= 4 is 27.5 Å². The number of carbonyl (C=O) groups is 2. The topological polar surface area (TPSA) is 104 Å². The van der Waals surface area contributed by atoms with Gasteiger partial charge in [-0.25, -0.2) is 8.42 Å². The number of amides is 2. The highest BCUT2D eigenvalue weighted by Gasteiger charge is 2.27. The number of nitrogens with one attached hydrogen (secondary N) is 3. The fraction of sp³-hybridized carbons (Fsp3) is 0.391. The Kier molecular flexibility index (Phi) is 7.12. The van der Waals surface area contributed by atoms with E-state index in [2.05, 4.69) is 15.4 Å². The summed E-state index contributed by atoms with van der Waals surface area (Å²) in [6, 6.07) is 12.4. The number of anilines is 1. The lowest BCUT2D eigenvalue weighted by Crippen LogP contribution is -2.44. The minimum Gasteiger partial charge on any atom is -0.349 e. The monoisotopic (exact) mass is 443 g/mol. The number of benzene rings is 2. The lowest BCUT2D eigenvalue weighted by atomic mass is 10.0. The van der Waals surface area contributed by atoms with Crippen LogP contribution in [0.25, 0.3) is 0 Å². The van der Waals surface area contributed by atoms with E-state index in [1.165, 1.54) is 12.1 Å². The van der Waals surface area contributed by atoms with E-state index in [1.807, 2.05) is 20.8 Å². The third-order valence-corrected chi connectivity index (χ3v) is 6.44. The highest BCUT2D eigenvalue weighted by molar-refractivity contribution is 7.89. The third-order valence-electron chi connectivity index (χ3n) is 4.96. The molecule has 0 saturated heterocycles. The summed E-state index contributed by atoms with van der Waals surface area (Å²) >= 11 is 0. The Morgan fingerprint density at radius 2 is 1.74 bits per heavy atom. The van der Waals surface area contributed by atoms with Crippen molar-refractivity contribution in [1.29, 1.82) is 0 Å².